The second-order valence-electron chi connectivity index (χ2n) is 6.88. The lowest BCUT2D eigenvalue weighted by molar-refractivity contribution is -0.116. The average Bonchev–Trinajstić information content (AvgIpc) is 2.82. The maximum absolute atomic E-state index is 12.5. The fourth-order valence-electron chi connectivity index (χ4n) is 2.92. The molecule has 0 atom stereocenters. The molecule has 0 aliphatic carbocycles. The number of methoxy groups -OCH3 is 1. The van der Waals surface area contributed by atoms with Crippen molar-refractivity contribution in [3.05, 3.63) is 78.4 Å². The number of carbonyl (C=O) groups is 3. The van der Waals surface area contributed by atoms with E-state index < -0.39 is 5.91 Å². The van der Waals surface area contributed by atoms with Gasteiger partial charge in [-0.3, -0.25) is 14.4 Å². The van der Waals surface area contributed by atoms with Crippen LogP contribution in [0.1, 0.15) is 10.4 Å². The van der Waals surface area contributed by atoms with Crippen LogP contribution in [0.15, 0.2) is 77.7 Å². The second-order valence-corrected chi connectivity index (χ2v) is 7.90. The van der Waals surface area contributed by atoms with Gasteiger partial charge in [-0.2, -0.15) is 0 Å². The van der Waals surface area contributed by atoms with Crippen LogP contribution in [-0.2, 0) is 9.59 Å². The zero-order chi connectivity index (χ0) is 23.6. The van der Waals surface area contributed by atoms with Gasteiger partial charge in [0, 0.05) is 21.8 Å². The quantitative estimate of drug-likeness (QED) is 0.340. The predicted octanol–water partition coefficient (Wildman–Crippen LogP) is 3.58. The molecule has 0 heterocycles. The molecule has 0 aliphatic heterocycles. The normalized spacial score (nSPS) is 10.2. The lowest BCUT2D eigenvalue weighted by Gasteiger charge is -2.12. The lowest BCUT2D eigenvalue weighted by Crippen LogP contribution is -2.22. The number of benzene rings is 3. The van der Waals surface area contributed by atoms with E-state index in [1.807, 2.05) is 30.3 Å². The standard InChI is InChI=1S/C24H24N4O4S/c1-32-20-8-4-2-6-18(20)28-24(31)16-10-12-17(13-11-16)27-23(30)14-26-19-7-3-5-9-21(19)33-15-22(25)29/h2-13,26H,14-15H2,1H3,(H2,25,29)(H,27,30)(H,28,31). The Kier molecular flexibility index (Phi) is 8.31. The van der Waals surface area contributed by atoms with E-state index in [0.717, 1.165) is 10.6 Å². The molecule has 170 valence electrons. The molecule has 0 aliphatic rings. The zero-order valence-electron chi connectivity index (χ0n) is 18.0. The number of nitrogens with two attached hydrogens (primary N) is 1. The number of hydrogen-bond acceptors (Lipinski definition) is 6. The second kappa shape index (κ2) is 11.6. The smallest absolute Gasteiger partial charge is 0.255 e. The number of anilines is 3. The van der Waals surface area contributed by atoms with Gasteiger partial charge >= 0.3 is 0 Å². The number of primary amides is 1. The average molecular weight is 465 g/mol. The first kappa shape index (κ1) is 23.7. The molecule has 3 aromatic rings. The highest BCUT2D eigenvalue weighted by molar-refractivity contribution is 8.00. The highest BCUT2D eigenvalue weighted by Gasteiger charge is 2.11. The Bertz CT molecular complexity index is 1140. The van der Waals surface area contributed by atoms with Crippen molar-refractivity contribution in [2.45, 2.75) is 4.90 Å². The summed E-state index contributed by atoms with van der Waals surface area (Å²) in [7, 11) is 1.54. The van der Waals surface area contributed by atoms with Gasteiger partial charge in [0.2, 0.25) is 11.8 Å². The van der Waals surface area contributed by atoms with Gasteiger partial charge in [-0.15, -0.1) is 11.8 Å². The lowest BCUT2D eigenvalue weighted by atomic mass is 10.2. The summed E-state index contributed by atoms with van der Waals surface area (Å²) in [6.45, 7) is 0.0319. The fraction of sp³-hybridized carbons (Fsp3) is 0.125. The summed E-state index contributed by atoms with van der Waals surface area (Å²) < 4.78 is 5.24. The largest absolute Gasteiger partial charge is 0.495 e. The fourth-order valence-corrected chi connectivity index (χ4v) is 3.68. The molecule has 0 fully saturated rings. The number of rotatable bonds is 10. The molecule has 9 heteroatoms. The number of hydrogen-bond donors (Lipinski definition) is 4. The van der Waals surface area contributed by atoms with Gasteiger partial charge in [0.25, 0.3) is 5.91 Å². The van der Waals surface area contributed by atoms with E-state index in [-0.39, 0.29) is 24.1 Å². The molecule has 0 spiro atoms. The maximum atomic E-state index is 12.5. The van der Waals surface area contributed by atoms with Crippen LogP contribution in [0.3, 0.4) is 0 Å². The van der Waals surface area contributed by atoms with Gasteiger partial charge < -0.3 is 26.4 Å². The minimum atomic E-state index is -0.410. The predicted molar refractivity (Wildman–Crippen MR) is 131 cm³/mol. The molecule has 0 unspecified atom stereocenters. The Hall–Kier alpha value is -3.98. The number of ether oxygens (including phenoxy) is 1. The summed E-state index contributed by atoms with van der Waals surface area (Å²) >= 11 is 1.30. The molecular formula is C24H24N4O4S. The van der Waals surface area contributed by atoms with Crippen LogP contribution in [0.5, 0.6) is 5.75 Å². The van der Waals surface area contributed by atoms with Crippen LogP contribution in [0, 0.1) is 0 Å². The van der Waals surface area contributed by atoms with Gasteiger partial charge in [-0.1, -0.05) is 24.3 Å². The van der Waals surface area contributed by atoms with Crippen molar-refractivity contribution in [1.82, 2.24) is 0 Å². The van der Waals surface area contributed by atoms with Crippen LogP contribution in [0.4, 0.5) is 17.1 Å². The molecule has 3 rings (SSSR count). The minimum Gasteiger partial charge on any atom is -0.495 e. The van der Waals surface area contributed by atoms with Crippen LogP contribution in [-0.4, -0.2) is 37.1 Å². The van der Waals surface area contributed by atoms with Gasteiger partial charge in [0.1, 0.15) is 5.75 Å². The molecule has 3 amide bonds. The molecule has 5 N–H and O–H groups in total. The van der Waals surface area contributed by atoms with E-state index >= 15 is 0 Å². The molecule has 0 saturated heterocycles. The number of para-hydroxylation sites is 3. The maximum Gasteiger partial charge on any atom is 0.255 e. The first-order chi connectivity index (χ1) is 16.0. The van der Waals surface area contributed by atoms with Gasteiger partial charge in [-0.05, 0) is 48.5 Å². The van der Waals surface area contributed by atoms with E-state index in [4.69, 9.17) is 10.5 Å². The van der Waals surface area contributed by atoms with Crippen LogP contribution >= 0.6 is 11.8 Å². The minimum absolute atomic E-state index is 0.0319. The van der Waals surface area contributed by atoms with Crippen LogP contribution in [0.2, 0.25) is 0 Å². The summed E-state index contributed by atoms with van der Waals surface area (Å²) in [5.41, 5.74) is 7.52. The third-order valence-corrected chi connectivity index (χ3v) is 5.58. The van der Waals surface area contributed by atoms with E-state index in [0.29, 0.717) is 22.7 Å². The van der Waals surface area contributed by atoms with Crippen LogP contribution in [0.25, 0.3) is 0 Å². The number of carbonyl (C=O) groups excluding carboxylic acids is 3. The first-order valence-electron chi connectivity index (χ1n) is 10.0. The Labute approximate surface area is 195 Å². The van der Waals surface area contributed by atoms with E-state index in [9.17, 15) is 14.4 Å². The molecular weight excluding hydrogens is 440 g/mol. The van der Waals surface area contributed by atoms with Gasteiger partial charge in [-0.25, -0.2) is 0 Å². The van der Waals surface area contributed by atoms with E-state index in [1.54, 1.807) is 42.5 Å². The molecule has 0 saturated carbocycles. The third kappa shape index (κ3) is 7.01. The van der Waals surface area contributed by atoms with Crippen molar-refractivity contribution in [3.8, 4) is 5.75 Å². The topological polar surface area (TPSA) is 123 Å². The molecule has 0 aromatic heterocycles. The molecule has 0 radical (unpaired) electrons. The first-order valence-corrected chi connectivity index (χ1v) is 11.0. The monoisotopic (exact) mass is 464 g/mol. The molecule has 0 bridgehead atoms. The van der Waals surface area contributed by atoms with Crippen molar-refractivity contribution >= 4 is 46.5 Å². The van der Waals surface area contributed by atoms with E-state index in [1.165, 1.54) is 18.9 Å². The zero-order valence-corrected chi connectivity index (χ0v) is 18.8. The Morgan fingerprint density at radius 2 is 1.55 bits per heavy atom. The summed E-state index contributed by atoms with van der Waals surface area (Å²) in [5, 5.41) is 8.65. The van der Waals surface area contributed by atoms with Gasteiger partial charge in [0.05, 0.1) is 25.1 Å². The molecule has 33 heavy (non-hydrogen) atoms. The summed E-state index contributed by atoms with van der Waals surface area (Å²) in [6, 6.07) is 21.1. The Morgan fingerprint density at radius 1 is 0.879 bits per heavy atom. The Balaban J connectivity index is 1.54. The number of amides is 3. The van der Waals surface area contributed by atoms with E-state index in [2.05, 4.69) is 16.0 Å². The summed E-state index contributed by atoms with van der Waals surface area (Å²) in [6.07, 6.45) is 0. The summed E-state index contributed by atoms with van der Waals surface area (Å²) in [5.74, 6) is -0.230. The van der Waals surface area contributed by atoms with Crippen LogP contribution < -0.4 is 26.4 Å². The molecule has 8 nitrogen and oxygen atoms in total. The third-order valence-electron chi connectivity index (χ3n) is 4.48. The Morgan fingerprint density at radius 3 is 2.24 bits per heavy atom. The number of thioether (sulfide) groups is 1. The number of nitrogens with one attached hydrogen (secondary N) is 3. The highest BCUT2D eigenvalue weighted by Crippen LogP contribution is 2.26. The van der Waals surface area contributed by atoms with Crippen molar-refractivity contribution in [1.29, 1.82) is 0 Å². The highest BCUT2D eigenvalue weighted by atomic mass is 32.2. The van der Waals surface area contributed by atoms with Crippen molar-refractivity contribution < 1.29 is 19.1 Å². The van der Waals surface area contributed by atoms with Gasteiger partial charge in [0.15, 0.2) is 0 Å². The summed E-state index contributed by atoms with van der Waals surface area (Å²) in [4.78, 5) is 36.7. The van der Waals surface area contributed by atoms with Crippen molar-refractivity contribution in [2.24, 2.45) is 5.73 Å². The van der Waals surface area contributed by atoms with Crippen molar-refractivity contribution in [2.75, 3.05) is 35.4 Å². The van der Waals surface area contributed by atoms with Crippen molar-refractivity contribution in [3.63, 3.8) is 0 Å². The SMILES string of the molecule is COc1ccccc1NC(=O)c1ccc(NC(=O)CNc2ccccc2SCC(N)=O)cc1. The molecule has 3 aromatic carbocycles.